The van der Waals surface area contributed by atoms with E-state index in [1.807, 2.05) is 36.9 Å². The Morgan fingerprint density at radius 1 is 0.870 bits per heavy atom. The van der Waals surface area contributed by atoms with Crippen LogP contribution in [0.4, 0.5) is 45.5 Å². The summed E-state index contributed by atoms with van der Waals surface area (Å²) >= 11 is 0. The normalized spacial score (nSPS) is 17.5. The summed E-state index contributed by atoms with van der Waals surface area (Å²) in [5.74, 6) is -7.44. The van der Waals surface area contributed by atoms with E-state index < -0.39 is 36.4 Å². The highest BCUT2D eigenvalue weighted by Crippen LogP contribution is 2.38. The largest absolute Gasteiger partial charge is 0.490 e. The molecule has 3 N–H and O–H groups in total. The van der Waals surface area contributed by atoms with E-state index in [1.165, 1.54) is 5.56 Å². The predicted octanol–water partition coefficient (Wildman–Crippen LogP) is 4.03. The zero-order valence-corrected chi connectivity index (χ0v) is 23.7. The summed E-state index contributed by atoms with van der Waals surface area (Å²) in [6.45, 7) is 3.66. The lowest BCUT2D eigenvalue weighted by atomic mass is 9.87. The molecule has 0 radical (unpaired) electrons. The molecule has 1 unspecified atom stereocenters. The van der Waals surface area contributed by atoms with Gasteiger partial charge in [-0.05, 0) is 44.0 Å². The zero-order chi connectivity index (χ0) is 35.3. The molecule has 12 nitrogen and oxygen atoms in total. The molecule has 2 fully saturated rings. The Hall–Kier alpha value is -4.27. The number of hydrogen-bond acceptors (Lipinski definition) is 9. The molecule has 1 spiro atoms. The van der Waals surface area contributed by atoms with Crippen LogP contribution in [-0.2, 0) is 25.7 Å². The molecule has 0 aliphatic carbocycles. The van der Waals surface area contributed by atoms with Gasteiger partial charge in [0.25, 0.3) is 0 Å². The molecule has 2 aliphatic rings. The summed E-state index contributed by atoms with van der Waals surface area (Å²) < 4.78 is 102. The van der Waals surface area contributed by atoms with E-state index in [-0.39, 0.29) is 5.60 Å². The van der Waals surface area contributed by atoms with Crippen LogP contribution in [0.2, 0.25) is 0 Å². The number of carboxylic acid groups (broad SMARTS) is 3. The molecule has 2 aromatic heterocycles. The molecule has 2 saturated heterocycles. The number of pyridine rings is 1. The van der Waals surface area contributed by atoms with Gasteiger partial charge in [0, 0.05) is 50.5 Å². The van der Waals surface area contributed by atoms with Crippen LogP contribution in [0.3, 0.4) is 0 Å². The number of ether oxygens (including phenoxy) is 1. The summed E-state index contributed by atoms with van der Waals surface area (Å²) in [6, 6.07) is 6.46. The number of carboxylic acids is 3. The van der Waals surface area contributed by atoms with E-state index in [9.17, 15) is 39.5 Å². The highest BCUT2D eigenvalue weighted by atomic mass is 19.4. The fraction of sp³-hybridized carbons (Fsp3) is 0.520. The molecule has 0 bridgehead atoms. The molecule has 4 rings (SSSR count). The smallest absolute Gasteiger partial charge is 0.475 e. The minimum Gasteiger partial charge on any atom is -0.475 e. The summed E-state index contributed by atoms with van der Waals surface area (Å²) in [4.78, 5) is 44.3. The Kier molecular flexibility index (Phi) is 14.6. The first-order valence-corrected chi connectivity index (χ1v) is 12.7. The minimum atomic E-state index is -5.08. The van der Waals surface area contributed by atoms with Gasteiger partial charge in [-0.2, -0.15) is 39.5 Å². The molecule has 4 heterocycles. The van der Waals surface area contributed by atoms with Crippen molar-refractivity contribution in [3.8, 4) is 0 Å². The number of carbonyl (C=O) groups is 3. The average molecular weight is 682 g/mol. The summed E-state index contributed by atoms with van der Waals surface area (Å²) in [5, 5.41) is 21.4. The third kappa shape index (κ3) is 14.2. The van der Waals surface area contributed by atoms with Crippen molar-refractivity contribution in [2.75, 3.05) is 31.6 Å². The van der Waals surface area contributed by atoms with Gasteiger partial charge in [0.05, 0.1) is 12.2 Å². The Balaban J connectivity index is 0.000000413. The maximum absolute atomic E-state index is 10.6. The lowest BCUT2D eigenvalue weighted by molar-refractivity contribution is -0.193. The second kappa shape index (κ2) is 16.9. The van der Waals surface area contributed by atoms with Gasteiger partial charge in [-0.1, -0.05) is 6.07 Å². The van der Waals surface area contributed by atoms with E-state index in [2.05, 4.69) is 37.9 Å². The number of likely N-dealkylation sites (N-methyl/N-ethyl adjacent to an activating group) is 1. The van der Waals surface area contributed by atoms with Gasteiger partial charge in [0.15, 0.2) is 0 Å². The van der Waals surface area contributed by atoms with E-state index >= 15 is 0 Å². The van der Waals surface area contributed by atoms with Crippen LogP contribution in [0.15, 0.2) is 43.0 Å². The minimum absolute atomic E-state index is 0.0269. The van der Waals surface area contributed by atoms with E-state index in [0.717, 1.165) is 51.5 Å². The number of nitrogens with zero attached hydrogens (tertiary/aromatic N) is 5. The molecule has 0 saturated carbocycles. The molecule has 2 aliphatic heterocycles. The zero-order valence-electron chi connectivity index (χ0n) is 23.7. The highest BCUT2D eigenvalue weighted by Gasteiger charge is 2.44. The Bertz CT molecular complexity index is 1190. The number of aromatic nitrogens is 3. The highest BCUT2D eigenvalue weighted by molar-refractivity contribution is 5.73. The summed E-state index contributed by atoms with van der Waals surface area (Å²) in [5.41, 5.74) is 1.28. The molecule has 21 heteroatoms. The van der Waals surface area contributed by atoms with Crippen molar-refractivity contribution in [2.45, 2.75) is 56.0 Å². The van der Waals surface area contributed by atoms with Crippen LogP contribution < -0.4 is 4.90 Å². The van der Waals surface area contributed by atoms with Crippen LogP contribution in [0.25, 0.3) is 0 Å². The maximum Gasteiger partial charge on any atom is 0.490 e. The topological polar surface area (TPSA) is 166 Å². The third-order valence-electron chi connectivity index (χ3n) is 6.20. The van der Waals surface area contributed by atoms with Crippen molar-refractivity contribution in [2.24, 2.45) is 0 Å². The molecular weight excluding hydrogens is 653 g/mol. The number of anilines is 1. The van der Waals surface area contributed by atoms with Gasteiger partial charge in [-0.15, -0.1) is 0 Å². The molecule has 1 atom stereocenters. The van der Waals surface area contributed by atoms with Crippen LogP contribution in [0, 0.1) is 0 Å². The molecular formula is C25H28F9N5O7. The summed E-state index contributed by atoms with van der Waals surface area (Å²) in [7, 11) is 2.19. The standard InChI is InChI=1S/C19H25N5O.3C2HF3O2/c1-23(14-16-4-2-7-20-13-16)17-12-19(25-15-17)5-10-24(11-6-19)18-21-8-3-9-22-18;3*3-2(4,5)1(6)7/h2-4,7-9,13,17H,5-6,10-12,14-15H2,1H3;3*(H,6,7). The van der Waals surface area contributed by atoms with Crippen LogP contribution in [0.5, 0.6) is 0 Å². The number of halogens is 9. The van der Waals surface area contributed by atoms with Gasteiger partial charge < -0.3 is 25.0 Å². The van der Waals surface area contributed by atoms with Gasteiger partial charge in [-0.25, -0.2) is 24.4 Å². The lowest BCUT2D eigenvalue weighted by Crippen LogP contribution is -2.45. The van der Waals surface area contributed by atoms with Gasteiger partial charge in [0.2, 0.25) is 5.95 Å². The van der Waals surface area contributed by atoms with E-state index in [0.29, 0.717) is 6.04 Å². The number of alkyl halides is 9. The summed E-state index contributed by atoms with van der Waals surface area (Å²) in [6.07, 6.45) is -4.68. The average Bonchev–Trinajstić information content (AvgIpc) is 3.37. The molecule has 258 valence electrons. The molecule has 2 aromatic rings. The quantitative estimate of drug-likeness (QED) is 0.398. The van der Waals surface area contributed by atoms with Gasteiger partial charge >= 0.3 is 36.4 Å². The van der Waals surface area contributed by atoms with Gasteiger partial charge in [-0.3, -0.25) is 9.88 Å². The second-order valence-corrected chi connectivity index (χ2v) is 9.57. The van der Waals surface area contributed by atoms with Gasteiger partial charge in [0.1, 0.15) is 0 Å². The Labute approximate surface area is 254 Å². The van der Waals surface area contributed by atoms with Crippen LogP contribution in [0.1, 0.15) is 24.8 Å². The third-order valence-corrected chi connectivity index (χ3v) is 6.20. The fourth-order valence-electron chi connectivity index (χ4n) is 3.93. The number of aliphatic carboxylic acids is 3. The predicted molar refractivity (Wildman–Crippen MR) is 137 cm³/mol. The van der Waals surface area contributed by atoms with Crippen molar-refractivity contribution in [1.82, 2.24) is 19.9 Å². The van der Waals surface area contributed by atoms with Crippen molar-refractivity contribution < 1.29 is 74.0 Å². The monoisotopic (exact) mass is 681 g/mol. The fourth-order valence-corrected chi connectivity index (χ4v) is 3.93. The SMILES string of the molecule is CN(Cc1cccnc1)C1COC2(CCN(c3ncccn3)CC2)C1.O=C(O)C(F)(F)F.O=C(O)C(F)(F)F.O=C(O)C(F)(F)F. The first-order valence-electron chi connectivity index (χ1n) is 12.7. The van der Waals surface area contributed by atoms with Crippen molar-refractivity contribution in [3.05, 3.63) is 48.5 Å². The number of rotatable bonds is 4. The second-order valence-electron chi connectivity index (χ2n) is 9.57. The van der Waals surface area contributed by atoms with Crippen molar-refractivity contribution in [3.63, 3.8) is 0 Å². The van der Waals surface area contributed by atoms with Crippen molar-refractivity contribution in [1.29, 1.82) is 0 Å². The van der Waals surface area contributed by atoms with E-state index in [4.69, 9.17) is 34.4 Å². The number of piperidine rings is 1. The molecule has 46 heavy (non-hydrogen) atoms. The number of hydrogen-bond donors (Lipinski definition) is 3. The van der Waals surface area contributed by atoms with Crippen LogP contribution >= 0.6 is 0 Å². The first kappa shape index (κ1) is 39.8. The maximum atomic E-state index is 10.6. The van der Waals surface area contributed by atoms with E-state index in [1.54, 1.807) is 0 Å². The first-order chi connectivity index (χ1) is 21.1. The lowest BCUT2D eigenvalue weighted by Gasteiger charge is -2.38. The Morgan fingerprint density at radius 2 is 1.33 bits per heavy atom. The van der Waals surface area contributed by atoms with Crippen LogP contribution in [-0.4, -0.2) is 110 Å². The molecule has 0 aromatic carbocycles. The molecule has 0 amide bonds. The van der Waals surface area contributed by atoms with Crippen molar-refractivity contribution >= 4 is 23.9 Å². The Morgan fingerprint density at radius 3 is 1.72 bits per heavy atom.